The Hall–Kier alpha value is -0.120. The van der Waals surface area contributed by atoms with Gasteiger partial charge in [0, 0.05) is 19.8 Å². The van der Waals surface area contributed by atoms with E-state index in [0.717, 1.165) is 31.6 Å². The van der Waals surface area contributed by atoms with E-state index in [1.807, 2.05) is 0 Å². The molecule has 0 spiro atoms. The van der Waals surface area contributed by atoms with Gasteiger partial charge in [-0.1, -0.05) is 13.8 Å². The van der Waals surface area contributed by atoms with Crippen LogP contribution in [0.3, 0.4) is 0 Å². The first-order valence-corrected chi connectivity index (χ1v) is 7.68. The molecule has 0 saturated carbocycles. The second kappa shape index (κ2) is 6.88. The monoisotopic (exact) mass is 254 g/mol. The molecule has 0 bridgehead atoms. The molecule has 0 amide bonds. The number of rotatable bonds is 5. The molecule has 2 saturated heterocycles. The van der Waals surface area contributed by atoms with Crippen LogP contribution in [0.15, 0.2) is 0 Å². The van der Waals surface area contributed by atoms with Crippen LogP contribution in [-0.4, -0.2) is 39.4 Å². The smallest absolute Gasteiger partial charge is 0.0468 e. The Bertz CT molecular complexity index is 231. The van der Waals surface area contributed by atoms with Gasteiger partial charge in [-0.2, -0.15) is 0 Å². The molecule has 3 nitrogen and oxygen atoms in total. The lowest BCUT2D eigenvalue weighted by Gasteiger charge is -2.37. The van der Waals surface area contributed by atoms with Crippen molar-refractivity contribution in [2.24, 2.45) is 17.3 Å². The lowest BCUT2D eigenvalue weighted by atomic mass is 9.74. The van der Waals surface area contributed by atoms with Crippen molar-refractivity contribution in [3.05, 3.63) is 0 Å². The van der Waals surface area contributed by atoms with Crippen LogP contribution in [0.5, 0.6) is 0 Å². The molecular weight excluding hydrogens is 224 g/mol. The Kier molecular flexibility index (Phi) is 5.46. The summed E-state index contributed by atoms with van der Waals surface area (Å²) in [5.74, 6) is 1.71. The van der Waals surface area contributed by atoms with Crippen LogP contribution in [0.25, 0.3) is 0 Å². The van der Waals surface area contributed by atoms with E-state index in [1.54, 1.807) is 0 Å². The van der Waals surface area contributed by atoms with Crippen LogP contribution in [0.4, 0.5) is 0 Å². The summed E-state index contributed by atoms with van der Waals surface area (Å²) in [6.07, 6.45) is 5.15. The summed E-state index contributed by atoms with van der Waals surface area (Å²) in [7, 11) is 0. The van der Waals surface area contributed by atoms with Gasteiger partial charge in [-0.15, -0.1) is 0 Å². The van der Waals surface area contributed by atoms with Crippen molar-refractivity contribution in [3.63, 3.8) is 0 Å². The summed E-state index contributed by atoms with van der Waals surface area (Å²) < 4.78 is 5.47. The molecule has 0 aromatic heterocycles. The molecule has 0 radical (unpaired) electrons. The van der Waals surface area contributed by atoms with Gasteiger partial charge < -0.3 is 15.4 Å². The lowest BCUT2D eigenvalue weighted by molar-refractivity contribution is 0.0225. The van der Waals surface area contributed by atoms with E-state index in [0.29, 0.717) is 5.41 Å². The largest absolute Gasteiger partial charge is 0.381 e. The number of hydrogen-bond acceptors (Lipinski definition) is 3. The van der Waals surface area contributed by atoms with E-state index >= 15 is 0 Å². The maximum absolute atomic E-state index is 5.47. The zero-order valence-corrected chi connectivity index (χ0v) is 12.1. The first kappa shape index (κ1) is 14.3. The first-order valence-electron chi connectivity index (χ1n) is 7.68. The van der Waals surface area contributed by atoms with Crippen LogP contribution < -0.4 is 10.6 Å². The molecular formula is C15H30N2O. The van der Waals surface area contributed by atoms with Crippen LogP contribution in [0.1, 0.15) is 39.5 Å². The fourth-order valence-corrected chi connectivity index (χ4v) is 3.31. The molecule has 18 heavy (non-hydrogen) atoms. The van der Waals surface area contributed by atoms with Gasteiger partial charge in [-0.25, -0.2) is 0 Å². The molecule has 0 unspecified atom stereocenters. The van der Waals surface area contributed by atoms with E-state index in [2.05, 4.69) is 24.5 Å². The van der Waals surface area contributed by atoms with Gasteiger partial charge in [0.1, 0.15) is 0 Å². The average Bonchev–Trinajstić information content (AvgIpc) is 2.41. The number of nitrogens with one attached hydrogen (secondary N) is 2. The highest BCUT2D eigenvalue weighted by Gasteiger charge is 2.30. The highest BCUT2D eigenvalue weighted by atomic mass is 16.5. The van der Waals surface area contributed by atoms with Gasteiger partial charge in [-0.05, 0) is 62.6 Å². The summed E-state index contributed by atoms with van der Waals surface area (Å²) in [5.41, 5.74) is 0.413. The van der Waals surface area contributed by atoms with Crippen LogP contribution >= 0.6 is 0 Å². The van der Waals surface area contributed by atoms with Gasteiger partial charge in [0.2, 0.25) is 0 Å². The highest BCUT2D eigenvalue weighted by Crippen LogP contribution is 2.33. The molecule has 2 N–H and O–H groups in total. The normalized spacial score (nSPS) is 24.3. The molecule has 0 atom stereocenters. The average molecular weight is 254 g/mol. The number of hydrogen-bond donors (Lipinski definition) is 2. The minimum absolute atomic E-state index is 0.413. The fraction of sp³-hybridized carbons (Fsp3) is 1.00. The number of piperidine rings is 1. The Morgan fingerprint density at radius 2 is 1.78 bits per heavy atom. The molecule has 0 aromatic rings. The summed E-state index contributed by atoms with van der Waals surface area (Å²) in [6, 6.07) is 0. The van der Waals surface area contributed by atoms with Crippen molar-refractivity contribution in [2.45, 2.75) is 39.5 Å². The van der Waals surface area contributed by atoms with Crippen molar-refractivity contribution in [2.75, 3.05) is 39.4 Å². The quantitative estimate of drug-likeness (QED) is 0.787. The molecule has 2 aliphatic heterocycles. The maximum Gasteiger partial charge on any atom is 0.0468 e. The lowest BCUT2D eigenvalue weighted by Crippen LogP contribution is -2.41. The van der Waals surface area contributed by atoms with E-state index in [1.165, 1.54) is 45.3 Å². The van der Waals surface area contributed by atoms with Crippen molar-refractivity contribution in [1.29, 1.82) is 0 Å². The van der Waals surface area contributed by atoms with Gasteiger partial charge in [0.25, 0.3) is 0 Å². The van der Waals surface area contributed by atoms with Crippen LogP contribution in [0.2, 0.25) is 0 Å². The van der Waals surface area contributed by atoms with Crippen molar-refractivity contribution >= 4 is 0 Å². The van der Waals surface area contributed by atoms with Crippen molar-refractivity contribution in [1.82, 2.24) is 10.6 Å². The van der Waals surface area contributed by atoms with Gasteiger partial charge in [0.15, 0.2) is 0 Å². The SMILES string of the molecule is CC(C)(CNCC1CCNCC1)C1CCOCC1. The third kappa shape index (κ3) is 4.22. The predicted octanol–water partition coefficient (Wildman–Crippen LogP) is 2.03. The topological polar surface area (TPSA) is 33.3 Å². The molecule has 106 valence electrons. The minimum Gasteiger partial charge on any atom is -0.381 e. The summed E-state index contributed by atoms with van der Waals surface area (Å²) in [6.45, 7) is 11.5. The Morgan fingerprint density at radius 1 is 1.11 bits per heavy atom. The first-order chi connectivity index (χ1) is 8.68. The molecule has 3 heteroatoms. The Labute approximate surface area is 112 Å². The van der Waals surface area contributed by atoms with Gasteiger partial charge in [-0.3, -0.25) is 0 Å². The van der Waals surface area contributed by atoms with Crippen molar-refractivity contribution in [3.8, 4) is 0 Å². The van der Waals surface area contributed by atoms with E-state index in [4.69, 9.17) is 4.74 Å². The molecule has 2 rings (SSSR count). The van der Waals surface area contributed by atoms with Crippen LogP contribution in [-0.2, 0) is 4.74 Å². The van der Waals surface area contributed by atoms with E-state index < -0.39 is 0 Å². The third-order valence-corrected chi connectivity index (χ3v) is 4.80. The molecule has 0 aromatic carbocycles. The summed E-state index contributed by atoms with van der Waals surface area (Å²) >= 11 is 0. The second-order valence-corrected chi connectivity index (χ2v) is 6.70. The van der Waals surface area contributed by atoms with E-state index in [-0.39, 0.29) is 0 Å². The van der Waals surface area contributed by atoms with Gasteiger partial charge in [0.05, 0.1) is 0 Å². The minimum atomic E-state index is 0.413. The summed E-state index contributed by atoms with van der Waals surface area (Å²) in [5, 5.41) is 7.16. The molecule has 2 fully saturated rings. The van der Waals surface area contributed by atoms with E-state index in [9.17, 15) is 0 Å². The zero-order valence-electron chi connectivity index (χ0n) is 12.1. The molecule has 0 aliphatic carbocycles. The highest BCUT2D eigenvalue weighted by molar-refractivity contribution is 4.83. The number of ether oxygens (including phenoxy) is 1. The third-order valence-electron chi connectivity index (χ3n) is 4.80. The Balaban J connectivity index is 1.67. The van der Waals surface area contributed by atoms with Gasteiger partial charge >= 0.3 is 0 Å². The Morgan fingerprint density at radius 3 is 2.44 bits per heavy atom. The fourth-order valence-electron chi connectivity index (χ4n) is 3.31. The zero-order chi connectivity index (χ0) is 12.8. The van der Waals surface area contributed by atoms with Crippen LogP contribution in [0, 0.1) is 17.3 Å². The van der Waals surface area contributed by atoms with Crippen molar-refractivity contribution < 1.29 is 4.74 Å². The standard InChI is InChI=1S/C15H30N2O/c1-15(2,14-5-9-18-10-6-14)12-17-11-13-3-7-16-8-4-13/h13-14,16-17H,3-12H2,1-2H3. The molecule has 2 aliphatic rings. The summed E-state index contributed by atoms with van der Waals surface area (Å²) in [4.78, 5) is 0. The maximum atomic E-state index is 5.47. The molecule has 2 heterocycles. The predicted molar refractivity (Wildman–Crippen MR) is 75.8 cm³/mol. The second-order valence-electron chi connectivity index (χ2n) is 6.70.